The molecule has 2 aromatic heterocycles. The van der Waals surface area contributed by atoms with Gasteiger partial charge in [-0.3, -0.25) is 10.1 Å². The van der Waals surface area contributed by atoms with Crippen LogP contribution in [0.5, 0.6) is 0 Å². The van der Waals surface area contributed by atoms with Gasteiger partial charge in [0.25, 0.3) is 11.6 Å². The molecule has 0 aliphatic heterocycles. The van der Waals surface area contributed by atoms with Crippen LogP contribution < -0.4 is 0 Å². The summed E-state index contributed by atoms with van der Waals surface area (Å²) in [5.41, 5.74) is 0.539. The molecule has 0 spiro atoms. The van der Waals surface area contributed by atoms with Crippen molar-refractivity contribution in [3.05, 3.63) is 58.0 Å². The smallest absolute Gasteiger partial charge is 0.357 e. The van der Waals surface area contributed by atoms with E-state index in [0.717, 1.165) is 12.8 Å². The molecule has 0 radical (unpaired) electrons. The molecule has 1 saturated carbocycles. The number of ether oxygens (including phenoxy) is 1. The molecule has 0 amide bonds. The second kappa shape index (κ2) is 6.63. The maximum Gasteiger partial charge on any atom is 0.357 e. The third kappa shape index (κ3) is 3.54. The van der Waals surface area contributed by atoms with Crippen LogP contribution in [-0.2, 0) is 4.74 Å². The largest absolute Gasteiger partial charge is 0.448 e. The predicted octanol–water partition coefficient (Wildman–Crippen LogP) is 3.16. The number of non-ortho nitro benzene ring substituents is 1. The molecule has 1 N–H and O–H groups in total. The van der Waals surface area contributed by atoms with E-state index < -0.39 is 17.0 Å². The number of nitro benzene ring substituents is 1. The summed E-state index contributed by atoms with van der Waals surface area (Å²) in [6.45, 7) is 1.64. The number of nitrogens with zero attached hydrogens (tertiary/aromatic N) is 4. The van der Waals surface area contributed by atoms with Gasteiger partial charge in [-0.05, 0) is 19.8 Å². The Balaban J connectivity index is 1.46. The first-order valence-electron chi connectivity index (χ1n) is 8.35. The van der Waals surface area contributed by atoms with Gasteiger partial charge < -0.3 is 14.2 Å². The Morgan fingerprint density at radius 2 is 2.26 bits per heavy atom. The molecule has 0 saturated heterocycles. The van der Waals surface area contributed by atoms with E-state index in [2.05, 4.69) is 20.1 Å². The van der Waals surface area contributed by atoms with Crippen LogP contribution in [-0.4, -0.2) is 31.0 Å². The fraction of sp³-hybridized carbons (Fsp3) is 0.294. The normalized spacial score (nSPS) is 14.7. The van der Waals surface area contributed by atoms with Crippen molar-refractivity contribution in [1.82, 2.24) is 20.1 Å². The molecule has 10 heteroatoms. The monoisotopic (exact) mass is 369 g/mol. The zero-order valence-electron chi connectivity index (χ0n) is 14.3. The Kier molecular flexibility index (Phi) is 4.15. The molecule has 10 nitrogen and oxygen atoms in total. The van der Waals surface area contributed by atoms with Gasteiger partial charge in [-0.1, -0.05) is 17.3 Å². The van der Waals surface area contributed by atoms with Gasteiger partial charge in [-0.25, -0.2) is 9.78 Å². The number of carbonyl (C=O) groups is 1. The molecule has 1 aromatic carbocycles. The van der Waals surface area contributed by atoms with Crippen molar-refractivity contribution in [3.8, 4) is 11.4 Å². The van der Waals surface area contributed by atoms with Crippen molar-refractivity contribution in [1.29, 1.82) is 0 Å². The van der Waals surface area contributed by atoms with E-state index >= 15 is 0 Å². The molecule has 0 bridgehead atoms. The number of hydrogen-bond donors (Lipinski definition) is 1. The molecule has 1 atom stereocenters. The lowest BCUT2D eigenvalue weighted by atomic mass is 10.2. The van der Waals surface area contributed by atoms with Crippen LogP contribution in [0.15, 0.2) is 35.0 Å². The maximum absolute atomic E-state index is 12.3. The first-order valence-corrected chi connectivity index (χ1v) is 8.35. The van der Waals surface area contributed by atoms with E-state index in [1.165, 1.54) is 18.3 Å². The van der Waals surface area contributed by atoms with Crippen molar-refractivity contribution >= 4 is 11.7 Å². The van der Waals surface area contributed by atoms with Gasteiger partial charge in [0, 0.05) is 23.6 Å². The second-order valence-corrected chi connectivity index (χ2v) is 6.27. The zero-order valence-corrected chi connectivity index (χ0v) is 14.3. The van der Waals surface area contributed by atoms with Gasteiger partial charge in [0.05, 0.1) is 11.1 Å². The molecular weight excluding hydrogens is 354 g/mol. The molecule has 3 aromatic rings. The number of carbonyl (C=O) groups excluding carboxylic acids is 1. The number of nitrogens with one attached hydrogen (secondary N) is 1. The molecule has 2 heterocycles. The van der Waals surface area contributed by atoms with Crippen LogP contribution in [0.25, 0.3) is 11.4 Å². The molecule has 27 heavy (non-hydrogen) atoms. The third-order valence-corrected chi connectivity index (χ3v) is 4.16. The summed E-state index contributed by atoms with van der Waals surface area (Å²) in [5.74, 6) is 0.909. The Hall–Kier alpha value is -3.56. The number of benzene rings is 1. The first-order chi connectivity index (χ1) is 13.0. The molecule has 1 fully saturated rings. The molecular formula is C17H15N5O5. The van der Waals surface area contributed by atoms with Crippen LogP contribution in [0.4, 0.5) is 5.69 Å². The fourth-order valence-electron chi connectivity index (χ4n) is 2.53. The van der Waals surface area contributed by atoms with Gasteiger partial charge in [-0.15, -0.1) is 0 Å². The maximum atomic E-state index is 12.3. The predicted molar refractivity (Wildman–Crippen MR) is 90.8 cm³/mol. The standard InChI is InChI=1S/C17H15N5O5/c1-9(16-20-15(21-27-16)10-5-6-10)26-17(23)13-8-18-14(19-13)11-3-2-4-12(7-11)22(24)25/h2-4,7-10H,5-6H2,1H3,(H,18,19)/t9-/m0/s1. The minimum absolute atomic E-state index is 0.0653. The summed E-state index contributed by atoms with van der Waals surface area (Å²) in [4.78, 5) is 33.9. The average Bonchev–Trinajstić information content (AvgIpc) is 3.20. The average molecular weight is 369 g/mol. The van der Waals surface area contributed by atoms with Crippen LogP contribution in [0.1, 0.15) is 54.0 Å². The number of aromatic nitrogens is 4. The van der Waals surface area contributed by atoms with Gasteiger partial charge in [0.15, 0.2) is 11.9 Å². The van der Waals surface area contributed by atoms with Crippen LogP contribution in [0.2, 0.25) is 0 Å². The van der Waals surface area contributed by atoms with E-state index in [4.69, 9.17) is 9.26 Å². The molecule has 1 aliphatic carbocycles. The second-order valence-electron chi connectivity index (χ2n) is 6.27. The van der Waals surface area contributed by atoms with E-state index in [1.807, 2.05) is 0 Å². The lowest BCUT2D eigenvalue weighted by Crippen LogP contribution is -2.10. The summed E-state index contributed by atoms with van der Waals surface area (Å²) in [6, 6.07) is 5.95. The van der Waals surface area contributed by atoms with Crippen molar-refractivity contribution in [3.63, 3.8) is 0 Å². The first kappa shape index (κ1) is 16.9. The Bertz CT molecular complexity index is 1010. The highest BCUT2D eigenvalue weighted by Gasteiger charge is 2.30. The van der Waals surface area contributed by atoms with Crippen LogP contribution >= 0.6 is 0 Å². The van der Waals surface area contributed by atoms with Crippen LogP contribution in [0.3, 0.4) is 0 Å². The van der Waals surface area contributed by atoms with E-state index in [9.17, 15) is 14.9 Å². The summed E-state index contributed by atoms with van der Waals surface area (Å²) in [7, 11) is 0. The van der Waals surface area contributed by atoms with Crippen LogP contribution in [0, 0.1) is 10.1 Å². The third-order valence-electron chi connectivity index (χ3n) is 4.16. The van der Waals surface area contributed by atoms with Gasteiger partial charge >= 0.3 is 5.97 Å². The number of aromatic amines is 1. The molecule has 0 unspecified atom stereocenters. The highest BCUT2D eigenvalue weighted by molar-refractivity contribution is 5.88. The molecule has 4 rings (SSSR count). The number of imidazole rings is 1. The van der Waals surface area contributed by atoms with Gasteiger partial charge in [0.2, 0.25) is 0 Å². The van der Waals surface area contributed by atoms with Crippen molar-refractivity contribution in [2.45, 2.75) is 31.8 Å². The SMILES string of the molecule is C[C@H](OC(=O)c1cnc(-c2cccc([N+](=O)[O-])c2)[nH]1)c1nc(C2CC2)no1. The van der Waals surface area contributed by atoms with E-state index in [0.29, 0.717) is 23.1 Å². The topological polar surface area (TPSA) is 137 Å². The Morgan fingerprint density at radius 1 is 1.44 bits per heavy atom. The number of esters is 1. The van der Waals surface area contributed by atoms with E-state index in [-0.39, 0.29) is 17.3 Å². The minimum Gasteiger partial charge on any atom is -0.448 e. The fourth-order valence-corrected chi connectivity index (χ4v) is 2.53. The lowest BCUT2D eigenvalue weighted by Gasteiger charge is -2.07. The highest BCUT2D eigenvalue weighted by atomic mass is 16.6. The van der Waals surface area contributed by atoms with Gasteiger partial charge in [0.1, 0.15) is 11.5 Å². The quantitative estimate of drug-likeness (QED) is 0.397. The Labute approximate surface area is 152 Å². The summed E-state index contributed by atoms with van der Waals surface area (Å²) in [6.07, 6.45) is 2.69. The number of nitro groups is 1. The Morgan fingerprint density at radius 3 is 3.00 bits per heavy atom. The highest BCUT2D eigenvalue weighted by Crippen LogP contribution is 2.38. The minimum atomic E-state index is -0.706. The molecule has 1 aliphatic rings. The van der Waals surface area contributed by atoms with E-state index in [1.54, 1.807) is 19.1 Å². The van der Waals surface area contributed by atoms with Crippen molar-refractivity contribution in [2.75, 3.05) is 0 Å². The number of rotatable bonds is 6. The number of hydrogen-bond acceptors (Lipinski definition) is 8. The zero-order chi connectivity index (χ0) is 19.0. The number of H-pyrrole nitrogens is 1. The summed E-state index contributed by atoms with van der Waals surface area (Å²) in [5, 5.41) is 14.8. The van der Waals surface area contributed by atoms with Crippen molar-refractivity contribution in [2.24, 2.45) is 0 Å². The van der Waals surface area contributed by atoms with Crippen molar-refractivity contribution < 1.29 is 19.0 Å². The molecule has 138 valence electrons. The lowest BCUT2D eigenvalue weighted by molar-refractivity contribution is -0.384. The summed E-state index contributed by atoms with van der Waals surface area (Å²) >= 11 is 0. The van der Waals surface area contributed by atoms with Gasteiger partial charge in [-0.2, -0.15) is 4.98 Å². The summed E-state index contributed by atoms with van der Waals surface area (Å²) < 4.78 is 10.5.